The van der Waals surface area contributed by atoms with Gasteiger partial charge in [-0.15, -0.1) is 0 Å². The van der Waals surface area contributed by atoms with Gasteiger partial charge in [0.1, 0.15) is 17.3 Å². The highest BCUT2D eigenvalue weighted by molar-refractivity contribution is 6.70. The summed E-state index contributed by atoms with van der Waals surface area (Å²) in [4.78, 5) is 0. The van der Waals surface area contributed by atoms with Crippen LogP contribution in [0.2, 0.25) is 13.6 Å². The molecule has 0 saturated heterocycles. The van der Waals surface area contributed by atoms with Gasteiger partial charge in [0.25, 0.3) is 0 Å². The van der Waals surface area contributed by atoms with E-state index < -0.39 is 0 Å². The van der Waals surface area contributed by atoms with Gasteiger partial charge in [-0.25, -0.2) is 4.39 Å². The summed E-state index contributed by atoms with van der Waals surface area (Å²) in [5.41, 5.74) is 1.26. The van der Waals surface area contributed by atoms with Gasteiger partial charge in [0.15, 0.2) is 6.71 Å². The molecule has 18 heavy (non-hydrogen) atoms. The molecule has 0 bridgehead atoms. The van der Waals surface area contributed by atoms with Gasteiger partial charge in [-0.3, -0.25) is 0 Å². The zero-order valence-electron chi connectivity index (χ0n) is 9.98. The molecule has 94 valence electrons. The second-order valence-electron chi connectivity index (χ2n) is 4.28. The molecule has 0 radical (unpaired) electrons. The Morgan fingerprint density at radius 3 is 2.17 bits per heavy atom. The predicted octanol–water partition coefficient (Wildman–Crippen LogP) is 4.22. The molecular weight excluding hydrogens is 226 g/mol. The summed E-state index contributed by atoms with van der Waals surface area (Å²) in [7, 11) is 0. The molecule has 0 aliphatic rings. The first-order chi connectivity index (χ1) is 8.15. The topological polar surface area (TPSA) is 9.23 Å². The normalized spacial score (nSPS) is 9.50. The van der Waals surface area contributed by atoms with Crippen LogP contribution in [0.1, 0.15) is 7.43 Å². The first kappa shape index (κ1) is 14.3. The van der Waals surface area contributed by atoms with Crippen molar-refractivity contribution in [2.45, 2.75) is 21.1 Å². The third-order valence-corrected chi connectivity index (χ3v) is 2.58. The minimum Gasteiger partial charge on any atom is -0.457 e. The van der Waals surface area contributed by atoms with Crippen LogP contribution in [0.3, 0.4) is 0 Å². The zero-order chi connectivity index (χ0) is 12.3. The van der Waals surface area contributed by atoms with Crippen molar-refractivity contribution in [3.05, 3.63) is 54.3 Å². The van der Waals surface area contributed by atoms with E-state index in [4.69, 9.17) is 4.74 Å². The van der Waals surface area contributed by atoms with Crippen molar-refractivity contribution in [3.8, 4) is 11.5 Å². The molecule has 0 aromatic heterocycles. The smallest absolute Gasteiger partial charge is 0.169 e. The van der Waals surface area contributed by atoms with Crippen LogP contribution < -0.4 is 10.2 Å². The average Bonchev–Trinajstić information content (AvgIpc) is 2.29. The molecule has 0 N–H and O–H groups in total. The molecule has 0 unspecified atom stereocenters. The molecule has 2 rings (SSSR count). The van der Waals surface area contributed by atoms with Gasteiger partial charge in [0.05, 0.1) is 0 Å². The van der Waals surface area contributed by atoms with Crippen LogP contribution in [0.5, 0.6) is 11.5 Å². The summed E-state index contributed by atoms with van der Waals surface area (Å²) in [5, 5.41) is 0. The number of hydrogen-bond acceptors (Lipinski definition) is 1. The lowest BCUT2D eigenvalue weighted by molar-refractivity contribution is 0.477. The lowest BCUT2D eigenvalue weighted by atomic mass is 9.49. The summed E-state index contributed by atoms with van der Waals surface area (Å²) in [6.45, 7) is 4.78. The fourth-order valence-corrected chi connectivity index (χ4v) is 1.59. The van der Waals surface area contributed by atoms with E-state index >= 15 is 0 Å². The van der Waals surface area contributed by atoms with Gasteiger partial charge in [0.2, 0.25) is 0 Å². The van der Waals surface area contributed by atoms with Gasteiger partial charge in [-0.1, -0.05) is 44.7 Å². The van der Waals surface area contributed by atoms with Gasteiger partial charge >= 0.3 is 0 Å². The number of hydrogen-bond donors (Lipinski definition) is 0. The summed E-state index contributed by atoms with van der Waals surface area (Å²) in [6.07, 6.45) is 0. The van der Waals surface area contributed by atoms with E-state index in [1.54, 1.807) is 12.1 Å². The Balaban J connectivity index is 0.00000162. The monoisotopic (exact) mass is 244 g/mol. The van der Waals surface area contributed by atoms with Gasteiger partial charge in [-0.05, 0) is 24.3 Å². The Labute approximate surface area is 109 Å². The molecule has 0 aliphatic heterocycles. The lowest BCUT2D eigenvalue weighted by Gasteiger charge is -2.07. The Bertz CT molecular complexity index is 494. The van der Waals surface area contributed by atoms with E-state index in [1.165, 1.54) is 17.6 Å². The summed E-state index contributed by atoms with van der Waals surface area (Å²) in [6, 6.07) is 14.0. The van der Waals surface area contributed by atoms with Crippen LogP contribution >= 0.6 is 0 Å². The number of halogens is 1. The Hall–Kier alpha value is -1.77. The van der Waals surface area contributed by atoms with Crippen molar-refractivity contribution in [1.29, 1.82) is 0 Å². The quantitative estimate of drug-likeness (QED) is 0.734. The third kappa shape index (κ3) is 3.62. The zero-order valence-corrected chi connectivity index (χ0v) is 9.98. The fourth-order valence-electron chi connectivity index (χ4n) is 1.59. The van der Waals surface area contributed by atoms with Crippen molar-refractivity contribution in [2.24, 2.45) is 0 Å². The Kier molecular flexibility index (Phi) is 4.96. The minimum absolute atomic E-state index is 0. The predicted molar refractivity (Wildman–Crippen MR) is 76.8 cm³/mol. The van der Waals surface area contributed by atoms with Crippen molar-refractivity contribution in [3.63, 3.8) is 0 Å². The fraction of sp³-hybridized carbons (Fsp3) is 0.200. The van der Waals surface area contributed by atoms with Crippen molar-refractivity contribution >= 4 is 12.2 Å². The van der Waals surface area contributed by atoms with E-state index in [-0.39, 0.29) is 13.2 Å². The van der Waals surface area contributed by atoms with Gasteiger partial charge in [0, 0.05) is 6.07 Å². The van der Waals surface area contributed by atoms with E-state index in [2.05, 4.69) is 13.6 Å². The molecule has 3 heteroatoms. The number of benzene rings is 2. The molecular formula is C15H18BFO. The minimum atomic E-state index is -0.290. The van der Waals surface area contributed by atoms with E-state index in [0.717, 1.165) is 5.75 Å². The van der Waals surface area contributed by atoms with Gasteiger partial charge in [-0.2, -0.15) is 0 Å². The molecule has 1 nitrogen and oxygen atoms in total. The molecule has 0 saturated carbocycles. The van der Waals surface area contributed by atoms with Crippen LogP contribution in [0, 0.1) is 5.82 Å². The first-order valence-corrected chi connectivity index (χ1v) is 5.68. The van der Waals surface area contributed by atoms with E-state index in [0.29, 0.717) is 12.5 Å². The summed E-state index contributed by atoms with van der Waals surface area (Å²) in [5.74, 6) is 0.948. The highest BCUT2D eigenvalue weighted by atomic mass is 19.1. The highest BCUT2D eigenvalue weighted by Gasteiger charge is 2.03. The third-order valence-electron chi connectivity index (χ3n) is 2.58. The van der Waals surface area contributed by atoms with Crippen molar-refractivity contribution in [1.82, 2.24) is 0 Å². The maximum Gasteiger partial charge on any atom is 0.169 e. The summed E-state index contributed by atoms with van der Waals surface area (Å²) < 4.78 is 18.5. The van der Waals surface area contributed by atoms with Crippen LogP contribution in [-0.4, -0.2) is 6.71 Å². The second-order valence-corrected chi connectivity index (χ2v) is 4.28. The van der Waals surface area contributed by atoms with E-state index in [9.17, 15) is 4.39 Å². The maximum absolute atomic E-state index is 13.0. The average molecular weight is 244 g/mol. The summed E-state index contributed by atoms with van der Waals surface area (Å²) >= 11 is 0. The van der Waals surface area contributed by atoms with Crippen LogP contribution in [0.25, 0.3) is 0 Å². The SMILES string of the molecule is C.CB(C)c1ccc(Oc2cccc(F)c2)cc1. The van der Waals surface area contributed by atoms with Crippen molar-refractivity contribution in [2.75, 3.05) is 0 Å². The maximum atomic E-state index is 13.0. The van der Waals surface area contributed by atoms with Gasteiger partial charge < -0.3 is 4.74 Å². The molecule has 0 aliphatic carbocycles. The Morgan fingerprint density at radius 2 is 1.61 bits per heavy atom. The van der Waals surface area contributed by atoms with Crippen LogP contribution in [0.4, 0.5) is 4.39 Å². The molecule has 0 amide bonds. The second kappa shape index (κ2) is 6.24. The standard InChI is InChI=1S/C14H14BFO.CH4/c1-15(2)11-6-8-13(9-7-11)17-14-5-3-4-12(16)10-14;/h3-10H,1-2H3;1H4. The molecule has 0 fully saturated rings. The molecule has 2 aromatic rings. The molecule has 0 spiro atoms. The number of ether oxygens (including phenoxy) is 1. The molecule has 0 heterocycles. The van der Waals surface area contributed by atoms with E-state index in [1.807, 2.05) is 24.3 Å². The molecule has 2 aromatic carbocycles. The lowest BCUT2D eigenvalue weighted by Crippen LogP contribution is -2.21. The van der Waals surface area contributed by atoms with Crippen LogP contribution in [0.15, 0.2) is 48.5 Å². The highest BCUT2D eigenvalue weighted by Crippen LogP contribution is 2.20. The van der Waals surface area contributed by atoms with Crippen molar-refractivity contribution < 1.29 is 9.13 Å². The molecule has 0 atom stereocenters. The Morgan fingerprint density at radius 1 is 0.944 bits per heavy atom. The largest absolute Gasteiger partial charge is 0.457 e. The number of rotatable bonds is 3. The van der Waals surface area contributed by atoms with Crippen LogP contribution in [-0.2, 0) is 0 Å². The first-order valence-electron chi connectivity index (χ1n) is 5.68.